The van der Waals surface area contributed by atoms with Crippen LogP contribution in [0.1, 0.15) is 5.69 Å². The molecule has 0 unspecified atom stereocenters. The maximum atomic E-state index is 12.8. The van der Waals surface area contributed by atoms with Crippen molar-refractivity contribution < 1.29 is 9.13 Å². The molecule has 0 bridgehead atoms. The van der Waals surface area contributed by atoms with Crippen molar-refractivity contribution in [2.45, 2.75) is 6.61 Å². The van der Waals surface area contributed by atoms with Gasteiger partial charge < -0.3 is 4.74 Å². The molecule has 2 nitrogen and oxygen atoms in total. The van der Waals surface area contributed by atoms with Crippen molar-refractivity contribution in [3.63, 3.8) is 0 Å². The SMILES string of the molecule is Fc1cccc(OCc2cc(Cl)ccn2)c1. The van der Waals surface area contributed by atoms with Gasteiger partial charge in [-0.2, -0.15) is 0 Å². The molecule has 1 heterocycles. The van der Waals surface area contributed by atoms with E-state index in [-0.39, 0.29) is 12.4 Å². The maximum absolute atomic E-state index is 12.8. The molecule has 0 radical (unpaired) electrons. The molecular formula is C12H9ClFNO. The van der Waals surface area contributed by atoms with E-state index in [1.54, 1.807) is 30.5 Å². The highest BCUT2D eigenvalue weighted by molar-refractivity contribution is 6.30. The molecule has 2 rings (SSSR count). The lowest BCUT2D eigenvalue weighted by Crippen LogP contribution is -1.97. The van der Waals surface area contributed by atoms with E-state index in [1.807, 2.05) is 0 Å². The number of aromatic nitrogens is 1. The molecule has 1 aromatic heterocycles. The molecule has 82 valence electrons. The average molecular weight is 238 g/mol. The standard InChI is InChI=1S/C12H9ClFNO/c13-9-4-5-15-11(6-9)8-16-12-3-1-2-10(14)7-12/h1-7H,8H2. The van der Waals surface area contributed by atoms with Crippen LogP contribution in [-0.2, 0) is 6.61 Å². The minimum absolute atomic E-state index is 0.268. The lowest BCUT2D eigenvalue weighted by Gasteiger charge is -2.05. The predicted octanol–water partition coefficient (Wildman–Crippen LogP) is 3.45. The third kappa shape index (κ3) is 2.94. The number of hydrogen-bond acceptors (Lipinski definition) is 2. The Morgan fingerprint density at radius 1 is 1.25 bits per heavy atom. The summed E-state index contributed by atoms with van der Waals surface area (Å²) in [5, 5.41) is 0.604. The second kappa shape index (κ2) is 4.94. The Hall–Kier alpha value is -1.61. The Balaban J connectivity index is 2.02. The second-order valence-electron chi connectivity index (χ2n) is 3.21. The molecule has 0 saturated heterocycles. The van der Waals surface area contributed by atoms with Gasteiger partial charge in [0.1, 0.15) is 18.2 Å². The van der Waals surface area contributed by atoms with Gasteiger partial charge in [0.15, 0.2) is 0 Å². The summed E-state index contributed by atoms with van der Waals surface area (Å²) in [4.78, 5) is 4.07. The number of benzene rings is 1. The first-order chi connectivity index (χ1) is 7.74. The number of pyridine rings is 1. The molecule has 0 aliphatic carbocycles. The fourth-order valence-corrected chi connectivity index (χ4v) is 1.42. The van der Waals surface area contributed by atoms with Crippen LogP contribution in [-0.4, -0.2) is 4.98 Å². The van der Waals surface area contributed by atoms with Crippen molar-refractivity contribution in [2.24, 2.45) is 0 Å². The third-order valence-electron chi connectivity index (χ3n) is 1.96. The monoisotopic (exact) mass is 237 g/mol. The van der Waals surface area contributed by atoms with Gasteiger partial charge in [-0.1, -0.05) is 17.7 Å². The van der Waals surface area contributed by atoms with Crippen LogP contribution in [0.4, 0.5) is 4.39 Å². The van der Waals surface area contributed by atoms with Gasteiger partial charge in [-0.15, -0.1) is 0 Å². The van der Waals surface area contributed by atoms with Gasteiger partial charge in [0.05, 0.1) is 5.69 Å². The normalized spacial score (nSPS) is 10.1. The van der Waals surface area contributed by atoms with Gasteiger partial charge in [-0.3, -0.25) is 4.98 Å². The van der Waals surface area contributed by atoms with E-state index >= 15 is 0 Å². The van der Waals surface area contributed by atoms with Gasteiger partial charge in [0.25, 0.3) is 0 Å². The topological polar surface area (TPSA) is 22.1 Å². The van der Waals surface area contributed by atoms with Gasteiger partial charge >= 0.3 is 0 Å². The Morgan fingerprint density at radius 3 is 2.88 bits per heavy atom. The first-order valence-electron chi connectivity index (χ1n) is 4.73. The predicted molar refractivity (Wildman–Crippen MR) is 60.0 cm³/mol. The minimum Gasteiger partial charge on any atom is -0.487 e. The molecule has 1 aromatic carbocycles. The number of nitrogens with zero attached hydrogens (tertiary/aromatic N) is 1. The molecule has 0 atom stereocenters. The molecule has 0 N–H and O–H groups in total. The fourth-order valence-electron chi connectivity index (χ4n) is 1.24. The molecule has 0 aliphatic heterocycles. The third-order valence-corrected chi connectivity index (χ3v) is 2.20. The molecule has 0 saturated carbocycles. The molecule has 0 spiro atoms. The van der Waals surface area contributed by atoms with Crippen molar-refractivity contribution in [2.75, 3.05) is 0 Å². The van der Waals surface area contributed by atoms with Crippen LogP contribution in [0.2, 0.25) is 5.02 Å². The number of hydrogen-bond donors (Lipinski definition) is 0. The highest BCUT2D eigenvalue weighted by atomic mass is 35.5. The van der Waals surface area contributed by atoms with Gasteiger partial charge in [-0.05, 0) is 24.3 Å². The zero-order valence-electron chi connectivity index (χ0n) is 8.36. The van der Waals surface area contributed by atoms with E-state index in [4.69, 9.17) is 16.3 Å². The van der Waals surface area contributed by atoms with Crippen LogP contribution < -0.4 is 4.74 Å². The quantitative estimate of drug-likeness (QED) is 0.816. The van der Waals surface area contributed by atoms with Crippen molar-refractivity contribution >= 4 is 11.6 Å². The molecule has 16 heavy (non-hydrogen) atoms. The first-order valence-corrected chi connectivity index (χ1v) is 5.10. The molecular weight excluding hydrogens is 229 g/mol. The summed E-state index contributed by atoms with van der Waals surface area (Å²) >= 11 is 5.80. The first kappa shape index (κ1) is 10.9. The molecule has 0 amide bonds. The van der Waals surface area contributed by atoms with Crippen LogP contribution in [0.3, 0.4) is 0 Å². The molecule has 2 aromatic rings. The summed E-state index contributed by atoms with van der Waals surface area (Å²) in [6.07, 6.45) is 1.60. The van der Waals surface area contributed by atoms with E-state index < -0.39 is 0 Å². The van der Waals surface area contributed by atoms with Crippen molar-refractivity contribution in [1.82, 2.24) is 4.98 Å². The van der Waals surface area contributed by atoms with Gasteiger partial charge in [-0.25, -0.2) is 4.39 Å². The van der Waals surface area contributed by atoms with E-state index in [9.17, 15) is 4.39 Å². The molecule has 0 aliphatic rings. The highest BCUT2D eigenvalue weighted by Gasteiger charge is 1.99. The number of ether oxygens (including phenoxy) is 1. The zero-order valence-corrected chi connectivity index (χ0v) is 9.12. The second-order valence-corrected chi connectivity index (χ2v) is 3.65. The average Bonchev–Trinajstić information content (AvgIpc) is 2.27. The van der Waals surface area contributed by atoms with Crippen molar-refractivity contribution in [3.05, 3.63) is 59.1 Å². The van der Waals surface area contributed by atoms with Gasteiger partial charge in [0, 0.05) is 17.3 Å². The number of halogens is 2. The summed E-state index contributed by atoms with van der Waals surface area (Å²) in [6, 6.07) is 9.37. The molecule has 4 heteroatoms. The van der Waals surface area contributed by atoms with Crippen LogP contribution in [0.15, 0.2) is 42.6 Å². The summed E-state index contributed by atoms with van der Waals surface area (Å²) in [7, 11) is 0. The Bertz CT molecular complexity index is 444. The fraction of sp³-hybridized carbons (Fsp3) is 0.0833. The summed E-state index contributed by atoms with van der Waals surface area (Å²) in [6.45, 7) is 0.268. The largest absolute Gasteiger partial charge is 0.487 e. The minimum atomic E-state index is -0.323. The number of rotatable bonds is 3. The molecule has 0 fully saturated rings. The van der Waals surface area contributed by atoms with E-state index in [0.717, 1.165) is 0 Å². The van der Waals surface area contributed by atoms with Crippen LogP contribution in [0, 0.1) is 5.82 Å². The zero-order chi connectivity index (χ0) is 11.4. The van der Waals surface area contributed by atoms with Crippen LogP contribution >= 0.6 is 11.6 Å². The Morgan fingerprint density at radius 2 is 2.12 bits per heavy atom. The summed E-state index contributed by atoms with van der Waals surface area (Å²) < 4.78 is 18.2. The maximum Gasteiger partial charge on any atom is 0.130 e. The summed E-state index contributed by atoms with van der Waals surface area (Å²) in [5.74, 6) is 0.151. The van der Waals surface area contributed by atoms with E-state index in [1.165, 1.54) is 12.1 Å². The van der Waals surface area contributed by atoms with Crippen LogP contribution in [0.25, 0.3) is 0 Å². The lowest BCUT2D eigenvalue weighted by molar-refractivity contribution is 0.300. The van der Waals surface area contributed by atoms with Crippen molar-refractivity contribution in [1.29, 1.82) is 0 Å². The Labute approximate surface area is 97.7 Å². The van der Waals surface area contributed by atoms with E-state index in [0.29, 0.717) is 16.5 Å². The lowest BCUT2D eigenvalue weighted by atomic mass is 10.3. The Kier molecular flexibility index (Phi) is 3.37. The van der Waals surface area contributed by atoms with Crippen molar-refractivity contribution in [3.8, 4) is 5.75 Å². The van der Waals surface area contributed by atoms with Crippen LogP contribution in [0.5, 0.6) is 5.75 Å². The van der Waals surface area contributed by atoms with Gasteiger partial charge in [0.2, 0.25) is 0 Å². The smallest absolute Gasteiger partial charge is 0.130 e. The highest BCUT2D eigenvalue weighted by Crippen LogP contribution is 2.14. The summed E-state index contributed by atoms with van der Waals surface area (Å²) in [5.41, 5.74) is 0.705. The van der Waals surface area contributed by atoms with E-state index in [2.05, 4.69) is 4.98 Å².